The molecule has 1 aliphatic heterocycles. The monoisotopic (exact) mass is 625 g/mol. The number of anilines is 1. The van der Waals surface area contributed by atoms with Crippen molar-refractivity contribution in [1.82, 2.24) is 10.2 Å². The molecular formula is C31H39ClF3N3O5. The lowest BCUT2D eigenvalue weighted by Gasteiger charge is -2.47. The van der Waals surface area contributed by atoms with Crippen LogP contribution in [-0.2, 0) is 10.2 Å². The number of halogens is 4. The van der Waals surface area contributed by atoms with Crippen LogP contribution in [0.15, 0.2) is 42.5 Å². The van der Waals surface area contributed by atoms with Crippen molar-refractivity contribution in [2.45, 2.75) is 87.5 Å². The SMILES string of the molecule is COc1ccc([C@@]23CC[C@@H](NC(=O)Nc4cccc(Cl)c4)C[C@@H]2N(C2CCCCC2)CC3)cc1OC.O=C(O)C(F)(F)F. The molecule has 0 aromatic heterocycles. The lowest BCUT2D eigenvalue weighted by Crippen LogP contribution is -2.55. The summed E-state index contributed by atoms with van der Waals surface area (Å²) in [5.41, 5.74) is 2.11. The summed E-state index contributed by atoms with van der Waals surface area (Å²) >= 11 is 6.09. The van der Waals surface area contributed by atoms with Crippen LogP contribution in [0.5, 0.6) is 11.5 Å². The quantitative estimate of drug-likeness (QED) is 0.319. The first-order valence-electron chi connectivity index (χ1n) is 14.6. The van der Waals surface area contributed by atoms with E-state index in [9.17, 15) is 18.0 Å². The first-order chi connectivity index (χ1) is 20.5. The standard InChI is InChI=1S/C29H38ClN3O3.C2HF3O2/c1-35-25-12-11-20(17-26(25)36-2)29-14-13-23(32-28(34)31-22-8-6-7-21(30)18-22)19-27(29)33(16-15-29)24-9-4-3-5-10-24;3-2(4,5)1(6)7/h6-8,11-12,17-18,23-24,27H,3-5,9-10,13-16,19H2,1-2H3,(H2,31,32,34);(H,6,7)/t23-,27+,29+;/m1./s1. The fourth-order valence-electron chi connectivity index (χ4n) is 6.97. The van der Waals surface area contributed by atoms with Crippen LogP contribution in [0.3, 0.4) is 0 Å². The zero-order chi connectivity index (χ0) is 31.2. The van der Waals surface area contributed by atoms with Crippen LogP contribution < -0.4 is 20.1 Å². The maximum Gasteiger partial charge on any atom is 0.490 e. The number of nitrogens with zero attached hydrogens (tertiary/aromatic N) is 1. The average Bonchev–Trinajstić information content (AvgIpc) is 3.37. The molecule has 0 bridgehead atoms. The van der Waals surface area contributed by atoms with Crippen LogP contribution in [0.1, 0.15) is 63.4 Å². The molecule has 0 spiro atoms. The summed E-state index contributed by atoms with van der Waals surface area (Å²) in [5.74, 6) is -1.20. The second-order valence-electron chi connectivity index (χ2n) is 11.4. The second kappa shape index (κ2) is 14.1. The largest absolute Gasteiger partial charge is 0.493 e. The summed E-state index contributed by atoms with van der Waals surface area (Å²) in [6, 6.07) is 14.8. The number of rotatable bonds is 6. The van der Waals surface area contributed by atoms with Crippen molar-refractivity contribution < 1.29 is 37.3 Å². The van der Waals surface area contributed by atoms with Crippen molar-refractivity contribution in [3.05, 3.63) is 53.1 Å². The van der Waals surface area contributed by atoms with E-state index < -0.39 is 12.1 Å². The number of carboxylic acid groups (broad SMARTS) is 1. The number of carboxylic acids is 1. The highest BCUT2D eigenvalue weighted by Gasteiger charge is 2.53. The topological polar surface area (TPSA) is 100 Å². The van der Waals surface area contributed by atoms with E-state index in [1.807, 2.05) is 18.2 Å². The van der Waals surface area contributed by atoms with E-state index in [1.165, 1.54) is 37.7 Å². The maximum atomic E-state index is 12.9. The Balaban J connectivity index is 0.000000541. The number of urea groups is 1. The zero-order valence-electron chi connectivity index (χ0n) is 24.4. The number of benzene rings is 2. The van der Waals surface area contributed by atoms with Gasteiger partial charge in [0.15, 0.2) is 11.5 Å². The Morgan fingerprint density at radius 2 is 1.70 bits per heavy atom. The molecule has 3 aliphatic rings. The van der Waals surface area contributed by atoms with Crippen LogP contribution in [0.4, 0.5) is 23.7 Å². The highest BCUT2D eigenvalue weighted by atomic mass is 35.5. The number of hydrogen-bond donors (Lipinski definition) is 3. The Bertz CT molecular complexity index is 1270. The van der Waals surface area contributed by atoms with Crippen LogP contribution in [0.25, 0.3) is 0 Å². The molecule has 43 heavy (non-hydrogen) atoms. The fourth-order valence-corrected chi connectivity index (χ4v) is 7.16. The number of nitrogens with one attached hydrogen (secondary N) is 2. The number of hydrogen-bond acceptors (Lipinski definition) is 5. The van der Waals surface area contributed by atoms with Crippen molar-refractivity contribution in [1.29, 1.82) is 0 Å². The number of alkyl halides is 3. The first kappa shape index (κ1) is 32.7. The van der Waals surface area contributed by atoms with Crippen LogP contribution in [-0.4, -0.2) is 67.1 Å². The summed E-state index contributed by atoms with van der Waals surface area (Å²) < 4.78 is 42.9. The number of ether oxygens (including phenoxy) is 2. The van der Waals surface area contributed by atoms with Crippen molar-refractivity contribution in [3.63, 3.8) is 0 Å². The molecule has 5 rings (SSSR count). The molecule has 2 aromatic carbocycles. The van der Waals surface area contributed by atoms with Crippen LogP contribution in [0, 0.1) is 0 Å². The van der Waals surface area contributed by atoms with Gasteiger partial charge in [-0.1, -0.05) is 43.0 Å². The summed E-state index contributed by atoms with van der Waals surface area (Å²) in [5, 5.41) is 14.0. The van der Waals surface area contributed by atoms with E-state index in [4.69, 9.17) is 31.0 Å². The Morgan fingerprint density at radius 1 is 1.00 bits per heavy atom. The lowest BCUT2D eigenvalue weighted by atomic mass is 9.64. The number of likely N-dealkylation sites (tertiary alicyclic amines) is 1. The van der Waals surface area contributed by atoms with Crippen molar-refractivity contribution in [2.24, 2.45) is 0 Å². The normalized spacial score (nSPS) is 24.2. The molecule has 8 nitrogen and oxygen atoms in total. The molecule has 2 aromatic rings. The van der Waals surface area contributed by atoms with Gasteiger partial charge in [-0.25, -0.2) is 9.59 Å². The van der Waals surface area contributed by atoms with E-state index in [1.54, 1.807) is 26.4 Å². The van der Waals surface area contributed by atoms with Gasteiger partial charge >= 0.3 is 18.2 Å². The molecule has 3 fully saturated rings. The molecule has 2 saturated carbocycles. The molecule has 1 heterocycles. The van der Waals surface area contributed by atoms with E-state index in [0.29, 0.717) is 22.8 Å². The van der Waals surface area contributed by atoms with E-state index in [-0.39, 0.29) is 17.5 Å². The smallest absolute Gasteiger partial charge is 0.490 e. The lowest BCUT2D eigenvalue weighted by molar-refractivity contribution is -0.192. The van der Waals surface area contributed by atoms with Gasteiger partial charge in [0.05, 0.1) is 14.2 Å². The summed E-state index contributed by atoms with van der Waals surface area (Å²) in [7, 11) is 3.39. The minimum Gasteiger partial charge on any atom is -0.493 e. The Hall–Kier alpha value is -3.18. The third-order valence-electron chi connectivity index (χ3n) is 8.96. The molecule has 236 valence electrons. The molecule has 2 amide bonds. The fraction of sp³-hybridized carbons (Fsp3) is 0.548. The van der Waals surface area contributed by atoms with Gasteiger partial charge in [0.25, 0.3) is 0 Å². The minimum atomic E-state index is -5.08. The second-order valence-corrected chi connectivity index (χ2v) is 11.8. The van der Waals surface area contributed by atoms with Crippen molar-refractivity contribution >= 4 is 29.3 Å². The minimum absolute atomic E-state index is 0.0681. The van der Waals surface area contributed by atoms with Gasteiger partial charge in [0.1, 0.15) is 0 Å². The Labute approximate surface area is 254 Å². The molecule has 0 unspecified atom stereocenters. The predicted octanol–water partition coefficient (Wildman–Crippen LogP) is 7.01. The van der Waals surface area contributed by atoms with Gasteiger partial charge < -0.3 is 25.2 Å². The highest BCUT2D eigenvalue weighted by molar-refractivity contribution is 6.30. The predicted molar refractivity (Wildman–Crippen MR) is 158 cm³/mol. The number of carbonyl (C=O) groups excluding carboxylic acids is 1. The molecule has 0 radical (unpaired) electrons. The molecule has 12 heteroatoms. The molecule has 3 N–H and O–H groups in total. The van der Waals surface area contributed by atoms with Gasteiger partial charge in [-0.3, -0.25) is 4.90 Å². The van der Waals surface area contributed by atoms with E-state index in [2.05, 4.69) is 27.7 Å². The first-order valence-corrected chi connectivity index (χ1v) is 15.0. The number of aliphatic carboxylic acids is 1. The summed E-state index contributed by atoms with van der Waals surface area (Å²) in [6.45, 7) is 1.12. The zero-order valence-corrected chi connectivity index (χ0v) is 25.1. The van der Waals surface area contributed by atoms with Gasteiger partial charge in [-0.05, 0) is 81.0 Å². The Kier molecular flexibility index (Phi) is 10.7. The molecule has 3 atom stereocenters. The number of fused-ring (bicyclic) bond motifs is 1. The van der Waals surface area contributed by atoms with Crippen molar-refractivity contribution in [3.8, 4) is 11.5 Å². The maximum absolute atomic E-state index is 12.9. The number of carbonyl (C=O) groups is 2. The Morgan fingerprint density at radius 3 is 2.33 bits per heavy atom. The average molecular weight is 626 g/mol. The summed E-state index contributed by atoms with van der Waals surface area (Å²) in [6.07, 6.45) is 5.56. The summed E-state index contributed by atoms with van der Waals surface area (Å²) in [4.78, 5) is 24.5. The molecule has 2 aliphatic carbocycles. The molecular weight excluding hydrogens is 587 g/mol. The van der Waals surface area contributed by atoms with Gasteiger partial charge in [0, 0.05) is 34.3 Å². The third-order valence-corrected chi connectivity index (χ3v) is 9.20. The van der Waals surface area contributed by atoms with Crippen molar-refractivity contribution in [2.75, 3.05) is 26.1 Å². The third kappa shape index (κ3) is 7.86. The highest BCUT2D eigenvalue weighted by Crippen LogP contribution is 2.51. The van der Waals surface area contributed by atoms with E-state index in [0.717, 1.165) is 43.7 Å². The molecule has 1 saturated heterocycles. The van der Waals surface area contributed by atoms with Gasteiger partial charge in [0.2, 0.25) is 0 Å². The number of amides is 2. The van der Waals surface area contributed by atoms with E-state index >= 15 is 0 Å². The number of methoxy groups -OCH3 is 2. The van der Waals surface area contributed by atoms with Gasteiger partial charge in [-0.15, -0.1) is 0 Å². The van der Waals surface area contributed by atoms with Crippen LogP contribution in [0.2, 0.25) is 5.02 Å². The van der Waals surface area contributed by atoms with Crippen LogP contribution >= 0.6 is 11.6 Å². The van der Waals surface area contributed by atoms with Gasteiger partial charge in [-0.2, -0.15) is 13.2 Å².